The highest BCUT2D eigenvalue weighted by Gasteiger charge is 2.17. The quantitative estimate of drug-likeness (QED) is 0.721. The molecule has 0 radical (unpaired) electrons. The topological polar surface area (TPSA) is 58.6 Å². The van der Waals surface area contributed by atoms with Crippen LogP contribution in [0.3, 0.4) is 0 Å². The second-order valence-corrected chi connectivity index (χ2v) is 4.82. The third kappa shape index (κ3) is 4.77. The minimum absolute atomic E-state index is 0.0695. The van der Waals surface area contributed by atoms with Crippen LogP contribution >= 0.6 is 0 Å². The summed E-state index contributed by atoms with van der Waals surface area (Å²) in [5, 5.41) is 11.3. The largest absolute Gasteiger partial charge is 0.478 e. The van der Waals surface area contributed by atoms with Crippen molar-refractivity contribution in [1.29, 1.82) is 0 Å². The number of benzene rings is 1. The first-order chi connectivity index (χ1) is 9.43. The van der Waals surface area contributed by atoms with Gasteiger partial charge in [0.1, 0.15) is 0 Å². The number of rotatable bonds is 8. The van der Waals surface area contributed by atoms with E-state index in [9.17, 15) is 13.6 Å². The van der Waals surface area contributed by atoms with Gasteiger partial charge < -0.3 is 15.2 Å². The number of carboxylic acid groups (broad SMARTS) is 1. The molecule has 1 aromatic carbocycles. The molecular formula is C14H19F2NO3. The number of aromatic carboxylic acids is 1. The Balaban J connectivity index is 2.45. The summed E-state index contributed by atoms with van der Waals surface area (Å²) in [5.74, 6) is -3.49. The SMILES string of the molecule is CC(C)CCOCCNc1ccc(C(=O)O)c(F)c1F. The van der Waals surface area contributed by atoms with E-state index in [2.05, 4.69) is 19.2 Å². The molecule has 0 saturated carbocycles. The Hall–Kier alpha value is -1.69. The summed E-state index contributed by atoms with van der Waals surface area (Å²) in [6.45, 7) is 5.48. The number of carbonyl (C=O) groups is 1. The first-order valence-corrected chi connectivity index (χ1v) is 6.46. The van der Waals surface area contributed by atoms with Crippen molar-refractivity contribution < 1.29 is 23.4 Å². The van der Waals surface area contributed by atoms with Gasteiger partial charge in [-0.05, 0) is 24.5 Å². The van der Waals surface area contributed by atoms with Gasteiger partial charge in [-0.3, -0.25) is 0 Å². The Kier molecular flexibility index (Phi) is 6.38. The first kappa shape index (κ1) is 16.4. The van der Waals surface area contributed by atoms with E-state index in [0.29, 0.717) is 25.7 Å². The molecule has 4 nitrogen and oxygen atoms in total. The fraction of sp³-hybridized carbons (Fsp3) is 0.500. The molecule has 0 saturated heterocycles. The van der Waals surface area contributed by atoms with E-state index in [4.69, 9.17) is 9.84 Å². The van der Waals surface area contributed by atoms with E-state index in [-0.39, 0.29) is 5.69 Å². The Labute approximate surface area is 116 Å². The predicted molar refractivity (Wildman–Crippen MR) is 72.1 cm³/mol. The zero-order chi connectivity index (χ0) is 15.1. The third-order valence-corrected chi connectivity index (χ3v) is 2.71. The standard InChI is InChI=1S/C14H19F2NO3/c1-9(2)5-7-20-8-6-17-11-4-3-10(14(18)19)12(15)13(11)16/h3-4,9,17H,5-8H2,1-2H3,(H,18,19). The zero-order valence-electron chi connectivity index (χ0n) is 11.6. The molecule has 0 aliphatic rings. The van der Waals surface area contributed by atoms with Crippen molar-refractivity contribution >= 4 is 11.7 Å². The molecule has 0 aromatic heterocycles. The lowest BCUT2D eigenvalue weighted by Gasteiger charge is -2.10. The van der Waals surface area contributed by atoms with Crippen molar-refractivity contribution in [3.63, 3.8) is 0 Å². The van der Waals surface area contributed by atoms with Crippen molar-refractivity contribution in [2.75, 3.05) is 25.1 Å². The number of carboxylic acids is 1. The molecule has 0 heterocycles. The number of hydrogen-bond acceptors (Lipinski definition) is 3. The smallest absolute Gasteiger partial charge is 0.338 e. The molecule has 6 heteroatoms. The minimum Gasteiger partial charge on any atom is -0.478 e. The van der Waals surface area contributed by atoms with Gasteiger partial charge in [0, 0.05) is 13.2 Å². The first-order valence-electron chi connectivity index (χ1n) is 6.46. The van der Waals surface area contributed by atoms with E-state index in [1.54, 1.807) is 0 Å². The van der Waals surface area contributed by atoms with Crippen LogP contribution in [0.5, 0.6) is 0 Å². The van der Waals surface area contributed by atoms with Gasteiger partial charge in [0.15, 0.2) is 11.6 Å². The molecule has 1 rings (SSSR count). The lowest BCUT2D eigenvalue weighted by molar-refractivity contribution is 0.0690. The van der Waals surface area contributed by atoms with Crippen molar-refractivity contribution in [1.82, 2.24) is 0 Å². The normalized spacial score (nSPS) is 10.8. The summed E-state index contributed by atoms with van der Waals surface area (Å²) >= 11 is 0. The van der Waals surface area contributed by atoms with Crippen LogP contribution in [0.25, 0.3) is 0 Å². The maximum Gasteiger partial charge on any atom is 0.338 e. The van der Waals surface area contributed by atoms with Crippen LogP contribution in [0.2, 0.25) is 0 Å². The number of ether oxygens (including phenoxy) is 1. The summed E-state index contributed by atoms with van der Waals surface area (Å²) in [6.07, 6.45) is 0.941. The van der Waals surface area contributed by atoms with Crippen molar-refractivity contribution in [3.8, 4) is 0 Å². The molecule has 0 bridgehead atoms. The van der Waals surface area contributed by atoms with Crippen LogP contribution in [0, 0.1) is 17.6 Å². The zero-order valence-corrected chi connectivity index (χ0v) is 11.6. The fourth-order valence-corrected chi connectivity index (χ4v) is 1.53. The van der Waals surface area contributed by atoms with Gasteiger partial charge in [0.25, 0.3) is 0 Å². The Morgan fingerprint density at radius 1 is 1.30 bits per heavy atom. The average Bonchev–Trinajstić information content (AvgIpc) is 2.37. The predicted octanol–water partition coefficient (Wildman–Crippen LogP) is 3.14. The molecule has 112 valence electrons. The highest BCUT2D eigenvalue weighted by molar-refractivity contribution is 5.88. The van der Waals surface area contributed by atoms with Crippen LogP contribution in [0.1, 0.15) is 30.6 Å². The van der Waals surface area contributed by atoms with E-state index >= 15 is 0 Å². The van der Waals surface area contributed by atoms with Crippen LogP contribution in [0.4, 0.5) is 14.5 Å². The van der Waals surface area contributed by atoms with E-state index < -0.39 is 23.2 Å². The van der Waals surface area contributed by atoms with Crippen molar-refractivity contribution in [3.05, 3.63) is 29.3 Å². The number of hydrogen-bond donors (Lipinski definition) is 2. The van der Waals surface area contributed by atoms with Crippen molar-refractivity contribution in [2.24, 2.45) is 5.92 Å². The van der Waals surface area contributed by atoms with Gasteiger partial charge in [0.05, 0.1) is 17.9 Å². The minimum atomic E-state index is -1.50. The second kappa shape index (κ2) is 7.79. The highest BCUT2D eigenvalue weighted by Crippen LogP contribution is 2.20. The van der Waals surface area contributed by atoms with Crippen LogP contribution < -0.4 is 5.32 Å². The highest BCUT2D eigenvalue weighted by atomic mass is 19.2. The molecule has 0 aliphatic heterocycles. The molecule has 0 aliphatic carbocycles. The summed E-state index contributed by atoms with van der Waals surface area (Å²) in [5.41, 5.74) is -0.749. The van der Waals surface area contributed by atoms with E-state index in [1.807, 2.05) is 0 Å². The van der Waals surface area contributed by atoms with Gasteiger partial charge in [-0.15, -0.1) is 0 Å². The molecule has 20 heavy (non-hydrogen) atoms. The maximum atomic E-state index is 13.6. The Bertz CT molecular complexity index is 464. The third-order valence-electron chi connectivity index (χ3n) is 2.71. The molecule has 0 atom stereocenters. The number of anilines is 1. The summed E-state index contributed by atoms with van der Waals surface area (Å²) < 4.78 is 32.3. The van der Waals surface area contributed by atoms with E-state index in [0.717, 1.165) is 12.5 Å². The van der Waals surface area contributed by atoms with E-state index in [1.165, 1.54) is 6.07 Å². The fourth-order valence-electron chi connectivity index (χ4n) is 1.53. The summed E-state index contributed by atoms with van der Waals surface area (Å²) in [6, 6.07) is 2.23. The molecule has 0 fully saturated rings. The Morgan fingerprint density at radius 2 is 2.00 bits per heavy atom. The molecule has 0 amide bonds. The van der Waals surface area contributed by atoms with Crippen LogP contribution in [0.15, 0.2) is 12.1 Å². The van der Waals surface area contributed by atoms with Crippen molar-refractivity contribution in [2.45, 2.75) is 20.3 Å². The van der Waals surface area contributed by atoms with Gasteiger partial charge in [-0.1, -0.05) is 13.8 Å². The van der Waals surface area contributed by atoms with Gasteiger partial charge in [0.2, 0.25) is 0 Å². The average molecular weight is 287 g/mol. The number of nitrogens with one attached hydrogen (secondary N) is 1. The van der Waals surface area contributed by atoms with Gasteiger partial charge in [-0.2, -0.15) is 0 Å². The molecule has 1 aromatic rings. The molecule has 0 unspecified atom stereocenters. The summed E-state index contributed by atoms with van der Waals surface area (Å²) in [4.78, 5) is 10.6. The van der Waals surface area contributed by atoms with Gasteiger partial charge >= 0.3 is 5.97 Å². The lowest BCUT2D eigenvalue weighted by atomic mass is 10.1. The maximum absolute atomic E-state index is 13.6. The second-order valence-electron chi connectivity index (χ2n) is 4.82. The lowest BCUT2D eigenvalue weighted by Crippen LogP contribution is -2.13. The molecule has 2 N–H and O–H groups in total. The monoisotopic (exact) mass is 287 g/mol. The molecular weight excluding hydrogens is 268 g/mol. The Morgan fingerprint density at radius 3 is 2.60 bits per heavy atom. The van der Waals surface area contributed by atoms with Gasteiger partial charge in [-0.25, -0.2) is 13.6 Å². The molecule has 0 spiro atoms. The van der Waals surface area contributed by atoms with Crippen LogP contribution in [-0.2, 0) is 4.74 Å². The van der Waals surface area contributed by atoms with Crippen LogP contribution in [-0.4, -0.2) is 30.8 Å². The summed E-state index contributed by atoms with van der Waals surface area (Å²) in [7, 11) is 0. The number of halogens is 2.